The first kappa shape index (κ1) is 21.7. The molecule has 1 heterocycles. The monoisotopic (exact) mass is 579 g/mol. The highest BCUT2D eigenvalue weighted by molar-refractivity contribution is 6.20. The Morgan fingerprint density at radius 1 is 0.489 bits per heavy atom. The van der Waals surface area contributed by atoms with E-state index in [1.807, 2.05) is 84.9 Å². The first-order valence-electron chi connectivity index (χ1n) is 17.3. The summed E-state index contributed by atoms with van der Waals surface area (Å²) in [4.78, 5) is 0. The second kappa shape index (κ2) is 11.0. The van der Waals surface area contributed by atoms with E-state index >= 15 is 0 Å². The van der Waals surface area contributed by atoms with Gasteiger partial charge in [0.25, 0.3) is 0 Å². The van der Waals surface area contributed by atoms with Gasteiger partial charge in [0.2, 0.25) is 0 Å². The van der Waals surface area contributed by atoms with Crippen LogP contribution in [0.2, 0.25) is 0 Å². The zero-order valence-corrected chi connectivity index (χ0v) is 24.4. The predicted molar refractivity (Wildman–Crippen MR) is 193 cm³/mol. The molecule has 0 aliphatic carbocycles. The van der Waals surface area contributed by atoms with E-state index in [1.54, 1.807) is 0 Å². The lowest BCUT2D eigenvalue weighted by Gasteiger charge is -2.21. The first-order valence-corrected chi connectivity index (χ1v) is 14.8. The molecule has 0 N–H and O–H groups in total. The minimum Gasteiger partial charge on any atom is -0.456 e. The molecule has 0 fully saturated rings. The molecule has 0 unspecified atom stereocenters. The van der Waals surface area contributed by atoms with Gasteiger partial charge in [-0.2, -0.15) is 0 Å². The minimum absolute atomic E-state index is 0.174. The molecule has 1 aromatic heterocycles. The third-order valence-electron chi connectivity index (χ3n) is 8.52. The van der Waals surface area contributed by atoms with Gasteiger partial charge in [0.1, 0.15) is 11.2 Å². The van der Waals surface area contributed by atoms with Gasteiger partial charge in [-0.25, -0.2) is 0 Å². The summed E-state index contributed by atoms with van der Waals surface area (Å²) >= 11 is 0. The largest absolute Gasteiger partial charge is 0.456 e. The van der Waals surface area contributed by atoms with Crippen LogP contribution in [0.15, 0.2) is 163 Å². The summed E-state index contributed by atoms with van der Waals surface area (Å²) in [6.07, 6.45) is 3.77. The lowest BCUT2D eigenvalue weighted by Crippen LogP contribution is -1.97. The molecular weight excluding hydrogens is 544 g/mol. The molecule has 0 amide bonds. The molecule has 0 saturated heterocycles. The Morgan fingerprint density at radius 3 is 1.78 bits per heavy atom. The standard InChI is InChI=1S/C44H30O/c1-3-34-35(4-2)43(37-20-12-11-19-36(37)42(34)32-25-23-31(24-26-32)29-15-7-5-8-16-29)39-27-33(30-17-9-6-10-18-30)28-41-44(39)38-21-13-14-22-40(38)45-41/h3-28H,1-2H2/i5D,7D,8D,15D,16D. The van der Waals surface area contributed by atoms with Gasteiger partial charge in [-0.15, -0.1) is 0 Å². The van der Waals surface area contributed by atoms with E-state index in [1.165, 1.54) is 0 Å². The molecule has 8 rings (SSSR count). The molecule has 0 saturated carbocycles. The molecule has 0 spiro atoms. The molecule has 1 nitrogen and oxygen atoms in total. The maximum atomic E-state index is 8.48. The van der Waals surface area contributed by atoms with Crippen molar-refractivity contribution in [2.75, 3.05) is 0 Å². The number of fused-ring (bicyclic) bond motifs is 4. The summed E-state index contributed by atoms with van der Waals surface area (Å²) < 4.78 is 47.8. The lowest BCUT2D eigenvalue weighted by atomic mass is 9.82. The van der Waals surface area contributed by atoms with Crippen molar-refractivity contribution in [1.29, 1.82) is 0 Å². The van der Waals surface area contributed by atoms with Crippen LogP contribution in [0.1, 0.15) is 18.0 Å². The number of hydrogen-bond donors (Lipinski definition) is 0. The summed E-state index contributed by atoms with van der Waals surface area (Å²) in [6.45, 7) is 8.59. The van der Waals surface area contributed by atoms with Crippen LogP contribution < -0.4 is 0 Å². The smallest absolute Gasteiger partial charge is 0.136 e. The Labute approximate surface area is 270 Å². The minimum atomic E-state index is -0.408. The van der Waals surface area contributed by atoms with E-state index in [4.69, 9.17) is 11.3 Å². The zero-order chi connectivity index (χ0) is 34.7. The van der Waals surface area contributed by atoms with Crippen LogP contribution in [0.5, 0.6) is 0 Å². The van der Waals surface area contributed by atoms with Gasteiger partial charge >= 0.3 is 0 Å². The normalized spacial score (nSPS) is 12.8. The molecule has 0 atom stereocenters. The Kier molecular flexibility index (Phi) is 5.30. The Balaban J connectivity index is 1.42. The summed E-state index contributed by atoms with van der Waals surface area (Å²) in [6, 6.07) is 37.0. The highest BCUT2D eigenvalue weighted by atomic mass is 16.3. The molecule has 0 aliphatic rings. The van der Waals surface area contributed by atoms with Crippen LogP contribution in [0.4, 0.5) is 0 Å². The van der Waals surface area contributed by atoms with Gasteiger partial charge in [0.05, 0.1) is 6.85 Å². The van der Waals surface area contributed by atoms with Gasteiger partial charge in [-0.05, 0) is 84.6 Å². The number of benzene rings is 7. The van der Waals surface area contributed by atoms with Crippen molar-refractivity contribution in [2.45, 2.75) is 0 Å². The Morgan fingerprint density at radius 2 is 1.07 bits per heavy atom. The summed E-state index contributed by atoms with van der Waals surface area (Å²) in [5.74, 6) is 0. The van der Waals surface area contributed by atoms with E-state index in [9.17, 15) is 0 Å². The zero-order valence-electron chi connectivity index (χ0n) is 29.4. The fourth-order valence-electron chi connectivity index (χ4n) is 6.55. The number of hydrogen-bond acceptors (Lipinski definition) is 1. The van der Waals surface area contributed by atoms with Crippen molar-refractivity contribution in [3.63, 3.8) is 0 Å². The molecule has 8 aromatic rings. The molecule has 7 aromatic carbocycles. The third kappa shape index (κ3) is 4.41. The summed E-state index contributed by atoms with van der Waals surface area (Å²) in [7, 11) is 0. The average Bonchev–Trinajstić information content (AvgIpc) is 3.54. The maximum Gasteiger partial charge on any atom is 0.136 e. The van der Waals surface area contributed by atoms with E-state index < -0.39 is 6.04 Å². The van der Waals surface area contributed by atoms with Gasteiger partial charge in [0, 0.05) is 10.8 Å². The second-order valence-electron chi connectivity index (χ2n) is 11.0. The fourth-order valence-corrected chi connectivity index (χ4v) is 6.55. The number of para-hydroxylation sites is 1. The van der Waals surface area contributed by atoms with Crippen molar-refractivity contribution < 1.29 is 11.3 Å². The number of furan rings is 1. The number of rotatable bonds is 6. The Hall–Kier alpha value is -5.92. The van der Waals surface area contributed by atoms with E-state index in [0.717, 1.165) is 77.2 Å². The highest BCUT2D eigenvalue weighted by Crippen LogP contribution is 2.48. The van der Waals surface area contributed by atoms with Crippen LogP contribution in [0.3, 0.4) is 0 Å². The van der Waals surface area contributed by atoms with Crippen molar-refractivity contribution in [3.8, 4) is 44.5 Å². The molecule has 45 heavy (non-hydrogen) atoms. The van der Waals surface area contributed by atoms with Crippen LogP contribution in [0.25, 0.3) is 89.4 Å². The van der Waals surface area contributed by atoms with Crippen molar-refractivity contribution in [2.24, 2.45) is 0 Å². The van der Waals surface area contributed by atoms with E-state index in [-0.39, 0.29) is 29.7 Å². The van der Waals surface area contributed by atoms with Gasteiger partial charge in [-0.1, -0.05) is 153 Å². The highest BCUT2D eigenvalue weighted by Gasteiger charge is 2.23. The second-order valence-corrected chi connectivity index (χ2v) is 11.0. The first-order chi connectivity index (χ1) is 24.3. The van der Waals surface area contributed by atoms with E-state index in [2.05, 4.69) is 55.6 Å². The van der Waals surface area contributed by atoms with Crippen LogP contribution in [0, 0.1) is 0 Å². The average molecular weight is 580 g/mol. The fraction of sp³-hybridized carbons (Fsp3) is 0. The van der Waals surface area contributed by atoms with Gasteiger partial charge < -0.3 is 4.42 Å². The molecule has 1 heteroatoms. The third-order valence-corrected chi connectivity index (χ3v) is 8.52. The van der Waals surface area contributed by atoms with Crippen molar-refractivity contribution in [1.82, 2.24) is 0 Å². The topological polar surface area (TPSA) is 13.1 Å². The summed E-state index contributed by atoms with van der Waals surface area (Å²) in [5.41, 5.74) is 10.2. The van der Waals surface area contributed by atoms with Crippen molar-refractivity contribution in [3.05, 3.63) is 170 Å². The molecule has 0 radical (unpaired) electrons. The maximum absolute atomic E-state index is 8.48. The Bertz CT molecular complexity index is 2640. The van der Waals surface area contributed by atoms with E-state index in [0.29, 0.717) is 5.56 Å². The van der Waals surface area contributed by atoms with Crippen LogP contribution in [-0.4, -0.2) is 0 Å². The molecule has 212 valence electrons. The molecule has 0 bridgehead atoms. The van der Waals surface area contributed by atoms with Crippen LogP contribution >= 0.6 is 0 Å². The molecule has 0 aliphatic heterocycles. The summed E-state index contributed by atoms with van der Waals surface area (Å²) in [5, 5.41) is 4.11. The van der Waals surface area contributed by atoms with Crippen LogP contribution in [-0.2, 0) is 0 Å². The van der Waals surface area contributed by atoms with Gasteiger partial charge in [-0.3, -0.25) is 0 Å². The van der Waals surface area contributed by atoms with Gasteiger partial charge in [0.15, 0.2) is 0 Å². The SMILES string of the molecule is [2H]c1c([2H])c([2H])c(-c2ccc(-c3c(C=C)c(C=C)c(-c4cc(-c5ccccc5)cc5oc6ccccc6c45)c4ccccc34)cc2)c([2H])c1[2H]. The molecular formula is C44H30O. The van der Waals surface area contributed by atoms with Crippen molar-refractivity contribution >= 4 is 44.9 Å². The quantitative estimate of drug-likeness (QED) is 0.191. The predicted octanol–water partition coefficient (Wildman–Crippen LogP) is 12.7. The lowest BCUT2D eigenvalue weighted by molar-refractivity contribution is 0.669.